The first-order valence-electron chi connectivity index (χ1n) is 10.2. The van der Waals surface area contributed by atoms with E-state index in [0.717, 1.165) is 50.9 Å². The van der Waals surface area contributed by atoms with Crippen LogP contribution < -0.4 is 5.32 Å². The molecule has 0 bridgehead atoms. The summed E-state index contributed by atoms with van der Waals surface area (Å²) in [6.07, 6.45) is 7.39. The van der Waals surface area contributed by atoms with Gasteiger partial charge in [0, 0.05) is 38.4 Å². The van der Waals surface area contributed by atoms with Crippen molar-refractivity contribution in [3.8, 4) is 11.4 Å². The molecule has 4 heterocycles. The van der Waals surface area contributed by atoms with Gasteiger partial charge in [0.05, 0.1) is 24.6 Å². The van der Waals surface area contributed by atoms with Gasteiger partial charge in [-0.15, -0.1) is 0 Å². The highest BCUT2D eigenvalue weighted by Gasteiger charge is 2.24. The van der Waals surface area contributed by atoms with E-state index in [1.165, 1.54) is 6.20 Å². The van der Waals surface area contributed by atoms with Crippen LogP contribution in [0.15, 0.2) is 12.4 Å². The number of imidazole rings is 1. The van der Waals surface area contributed by atoms with Gasteiger partial charge in [0.2, 0.25) is 5.95 Å². The highest BCUT2D eigenvalue weighted by Crippen LogP contribution is 2.30. The number of carbonyl (C=O) groups is 1. The number of rotatable bonds is 6. The van der Waals surface area contributed by atoms with Crippen LogP contribution in [0.5, 0.6) is 0 Å². The molecular weight excluding hydrogens is 375 g/mol. The zero-order valence-electron chi connectivity index (χ0n) is 16.7. The molecule has 2 aromatic rings. The molecule has 8 nitrogen and oxygen atoms in total. The van der Waals surface area contributed by atoms with Crippen molar-refractivity contribution in [2.45, 2.75) is 44.7 Å². The fourth-order valence-electron chi connectivity index (χ4n) is 4.20. The first-order valence-corrected chi connectivity index (χ1v) is 10.2. The number of carbonyl (C=O) groups excluding carboxylic acids is 1. The average molecular weight is 402 g/mol. The molecule has 0 saturated carbocycles. The van der Waals surface area contributed by atoms with Crippen molar-refractivity contribution >= 4 is 12.2 Å². The van der Waals surface area contributed by atoms with Gasteiger partial charge in [-0.3, -0.25) is 4.90 Å². The summed E-state index contributed by atoms with van der Waals surface area (Å²) >= 11 is 0. The summed E-state index contributed by atoms with van der Waals surface area (Å²) in [6.45, 7) is 5.50. The maximum Gasteiger partial charge on any atom is 0.223 e. The molecular formula is C20H27FN6O2. The summed E-state index contributed by atoms with van der Waals surface area (Å²) in [7, 11) is 0. The van der Waals surface area contributed by atoms with E-state index in [0.29, 0.717) is 31.4 Å². The highest BCUT2D eigenvalue weighted by atomic mass is 19.1. The number of halogens is 1. The number of hydrogen-bond donors (Lipinski definition) is 1. The predicted molar refractivity (Wildman–Crippen MR) is 106 cm³/mol. The minimum absolute atomic E-state index is 0.207. The molecule has 0 amide bonds. The van der Waals surface area contributed by atoms with Crippen LogP contribution in [-0.2, 0) is 9.53 Å². The molecule has 0 radical (unpaired) electrons. The Labute approximate surface area is 169 Å². The van der Waals surface area contributed by atoms with Gasteiger partial charge in [-0.25, -0.2) is 19.3 Å². The van der Waals surface area contributed by atoms with E-state index in [2.05, 4.69) is 29.7 Å². The van der Waals surface area contributed by atoms with Crippen LogP contribution in [0.1, 0.15) is 37.5 Å². The average Bonchev–Trinajstić information content (AvgIpc) is 3.13. The topological polar surface area (TPSA) is 85.2 Å². The van der Waals surface area contributed by atoms with E-state index >= 15 is 0 Å². The molecule has 9 heteroatoms. The number of aromatic nitrogens is 4. The Bertz CT molecular complexity index is 843. The highest BCUT2D eigenvalue weighted by molar-refractivity contribution is 5.57. The molecule has 2 aliphatic heterocycles. The number of aldehydes is 1. The van der Waals surface area contributed by atoms with Crippen molar-refractivity contribution in [2.24, 2.45) is 0 Å². The SMILES string of the molecule is Cc1ncc(-c2nc(NC3CCN(CC=O)CC3)ncc2F)n1C1CCOCC1. The van der Waals surface area contributed by atoms with Crippen molar-refractivity contribution in [1.82, 2.24) is 24.4 Å². The van der Waals surface area contributed by atoms with E-state index < -0.39 is 5.82 Å². The summed E-state index contributed by atoms with van der Waals surface area (Å²) in [4.78, 5) is 25.9. The first-order chi connectivity index (χ1) is 14.2. The van der Waals surface area contributed by atoms with E-state index in [1.54, 1.807) is 6.20 Å². The fourth-order valence-corrected chi connectivity index (χ4v) is 4.20. The van der Waals surface area contributed by atoms with Crippen LogP contribution in [0.25, 0.3) is 11.4 Å². The smallest absolute Gasteiger partial charge is 0.223 e. The van der Waals surface area contributed by atoms with E-state index in [9.17, 15) is 9.18 Å². The van der Waals surface area contributed by atoms with Gasteiger partial charge in [-0.1, -0.05) is 0 Å². The van der Waals surface area contributed by atoms with Crippen LogP contribution in [0.3, 0.4) is 0 Å². The Balaban J connectivity index is 1.53. The third-order valence-electron chi connectivity index (χ3n) is 5.78. The zero-order valence-corrected chi connectivity index (χ0v) is 16.7. The number of anilines is 1. The molecule has 2 saturated heterocycles. The van der Waals surface area contributed by atoms with Crippen LogP contribution >= 0.6 is 0 Å². The Hall–Kier alpha value is -2.39. The van der Waals surface area contributed by atoms with Gasteiger partial charge in [0.1, 0.15) is 17.8 Å². The Morgan fingerprint density at radius 3 is 2.69 bits per heavy atom. The van der Waals surface area contributed by atoms with Crippen molar-refractivity contribution in [3.63, 3.8) is 0 Å². The molecule has 2 fully saturated rings. The minimum Gasteiger partial charge on any atom is -0.381 e. The number of piperidine rings is 1. The van der Waals surface area contributed by atoms with Gasteiger partial charge >= 0.3 is 0 Å². The van der Waals surface area contributed by atoms with E-state index in [1.807, 2.05) is 6.92 Å². The normalized spacial score (nSPS) is 19.4. The second-order valence-electron chi connectivity index (χ2n) is 7.68. The van der Waals surface area contributed by atoms with Gasteiger partial charge in [0.25, 0.3) is 0 Å². The third-order valence-corrected chi connectivity index (χ3v) is 5.78. The Kier molecular flexibility index (Phi) is 6.15. The third kappa shape index (κ3) is 4.45. The minimum atomic E-state index is -0.454. The molecule has 0 unspecified atom stereocenters. The maximum atomic E-state index is 14.7. The lowest BCUT2D eigenvalue weighted by molar-refractivity contribution is -0.109. The Morgan fingerprint density at radius 1 is 1.21 bits per heavy atom. The zero-order chi connectivity index (χ0) is 20.2. The summed E-state index contributed by atoms with van der Waals surface area (Å²) < 4.78 is 22.2. The van der Waals surface area contributed by atoms with Crippen LogP contribution in [0.4, 0.5) is 10.3 Å². The molecule has 29 heavy (non-hydrogen) atoms. The molecule has 2 aliphatic rings. The summed E-state index contributed by atoms with van der Waals surface area (Å²) in [5, 5.41) is 3.33. The van der Waals surface area contributed by atoms with Crippen LogP contribution in [0, 0.1) is 12.7 Å². The monoisotopic (exact) mass is 402 g/mol. The summed E-state index contributed by atoms with van der Waals surface area (Å²) in [6, 6.07) is 0.438. The predicted octanol–water partition coefficient (Wildman–Crippen LogP) is 2.21. The number of ether oxygens (including phenoxy) is 1. The van der Waals surface area contributed by atoms with Crippen molar-refractivity contribution in [2.75, 3.05) is 38.2 Å². The largest absolute Gasteiger partial charge is 0.381 e. The standard InChI is InChI=1S/C20H27FN6O2/c1-14-22-13-18(27(14)16-4-10-29-11-5-16)19-17(21)12-23-20(25-19)24-15-2-6-26(7-3-15)8-9-28/h9,12-13,15-16H,2-8,10-11H2,1H3,(H,23,24,25). The fraction of sp³-hybridized carbons (Fsp3) is 0.600. The van der Waals surface area contributed by atoms with Gasteiger partial charge in [-0.05, 0) is 32.6 Å². The summed E-state index contributed by atoms with van der Waals surface area (Å²) in [5.74, 6) is 0.819. The molecule has 0 aromatic carbocycles. The second kappa shape index (κ2) is 8.96. The molecule has 0 atom stereocenters. The summed E-state index contributed by atoms with van der Waals surface area (Å²) in [5.41, 5.74) is 0.950. The van der Waals surface area contributed by atoms with Crippen LogP contribution in [0.2, 0.25) is 0 Å². The number of nitrogens with zero attached hydrogens (tertiary/aromatic N) is 5. The molecule has 0 spiro atoms. The molecule has 1 N–H and O–H groups in total. The maximum absolute atomic E-state index is 14.7. The molecule has 0 aliphatic carbocycles. The Morgan fingerprint density at radius 2 is 1.97 bits per heavy atom. The number of likely N-dealkylation sites (tertiary alicyclic amines) is 1. The second-order valence-corrected chi connectivity index (χ2v) is 7.68. The first kappa shape index (κ1) is 19.9. The number of aryl methyl sites for hydroxylation is 1. The van der Waals surface area contributed by atoms with Gasteiger partial charge in [0.15, 0.2) is 5.82 Å². The lowest BCUT2D eigenvalue weighted by Crippen LogP contribution is -2.40. The number of hydrogen-bond acceptors (Lipinski definition) is 7. The number of nitrogens with one attached hydrogen (secondary N) is 1. The van der Waals surface area contributed by atoms with Gasteiger partial charge < -0.3 is 19.4 Å². The van der Waals surface area contributed by atoms with Crippen LogP contribution in [-0.4, -0.2) is 69.6 Å². The quantitative estimate of drug-likeness (QED) is 0.742. The lowest BCUT2D eigenvalue weighted by atomic mass is 10.1. The molecule has 4 rings (SSSR count). The molecule has 156 valence electrons. The lowest BCUT2D eigenvalue weighted by Gasteiger charge is -2.31. The van der Waals surface area contributed by atoms with E-state index in [-0.39, 0.29) is 17.8 Å². The molecule has 2 aromatic heterocycles. The van der Waals surface area contributed by atoms with Crippen molar-refractivity contribution in [1.29, 1.82) is 0 Å². The van der Waals surface area contributed by atoms with E-state index in [4.69, 9.17) is 4.74 Å². The van der Waals surface area contributed by atoms with Gasteiger partial charge in [-0.2, -0.15) is 0 Å². The van der Waals surface area contributed by atoms with Crippen molar-refractivity contribution < 1.29 is 13.9 Å². The van der Waals surface area contributed by atoms with Crippen molar-refractivity contribution in [3.05, 3.63) is 24.0 Å².